The minimum atomic E-state index is -0.829. The van der Waals surface area contributed by atoms with Crippen molar-refractivity contribution >= 4 is 11.8 Å². The molecule has 1 aromatic carbocycles. The Balaban J connectivity index is 2.34. The first-order chi connectivity index (χ1) is 9.90. The quantitative estimate of drug-likeness (QED) is 0.924. The standard InChI is InChI=1S/C17H24N2O2/c1-5-12-9-7-8-10-13(12)11-19-14(6-2)15(20)18-17(3,4)16(19)21/h7-10,14H,5-6,11H2,1-4H3,(H,18,20). The van der Waals surface area contributed by atoms with Crippen LogP contribution in [0, 0.1) is 0 Å². The number of hydrogen-bond donors (Lipinski definition) is 1. The normalized spacial score (nSPS) is 21.3. The second-order valence-corrected chi connectivity index (χ2v) is 6.09. The Kier molecular flexibility index (Phi) is 4.35. The third-order valence-corrected chi connectivity index (χ3v) is 4.14. The van der Waals surface area contributed by atoms with Crippen LogP contribution in [0.25, 0.3) is 0 Å². The first kappa shape index (κ1) is 15.5. The summed E-state index contributed by atoms with van der Waals surface area (Å²) in [7, 11) is 0. The summed E-state index contributed by atoms with van der Waals surface area (Å²) in [6.07, 6.45) is 1.55. The molecule has 21 heavy (non-hydrogen) atoms. The smallest absolute Gasteiger partial charge is 0.248 e. The number of aryl methyl sites for hydroxylation is 1. The van der Waals surface area contributed by atoms with Crippen molar-refractivity contribution in [3.8, 4) is 0 Å². The first-order valence-corrected chi connectivity index (χ1v) is 7.60. The zero-order valence-electron chi connectivity index (χ0n) is 13.3. The summed E-state index contributed by atoms with van der Waals surface area (Å²) in [5.41, 5.74) is 1.52. The van der Waals surface area contributed by atoms with Gasteiger partial charge in [0.05, 0.1) is 0 Å². The van der Waals surface area contributed by atoms with E-state index in [1.54, 1.807) is 18.7 Å². The lowest BCUT2D eigenvalue weighted by atomic mass is 9.94. The van der Waals surface area contributed by atoms with Gasteiger partial charge in [0.2, 0.25) is 11.8 Å². The topological polar surface area (TPSA) is 49.4 Å². The molecule has 114 valence electrons. The fraction of sp³-hybridized carbons (Fsp3) is 0.529. The summed E-state index contributed by atoms with van der Waals surface area (Å²) in [6, 6.07) is 7.73. The molecule has 1 N–H and O–H groups in total. The molecule has 2 amide bonds. The average Bonchev–Trinajstić information content (AvgIpc) is 2.45. The number of carbonyl (C=O) groups excluding carboxylic acids is 2. The fourth-order valence-electron chi connectivity index (χ4n) is 2.91. The Morgan fingerprint density at radius 3 is 2.33 bits per heavy atom. The van der Waals surface area contributed by atoms with Crippen LogP contribution < -0.4 is 5.32 Å². The Bertz CT molecular complexity index is 551. The molecule has 0 spiro atoms. The van der Waals surface area contributed by atoms with E-state index in [1.165, 1.54) is 5.56 Å². The molecule has 0 saturated carbocycles. The van der Waals surface area contributed by atoms with Gasteiger partial charge in [-0.1, -0.05) is 38.1 Å². The van der Waals surface area contributed by atoms with E-state index in [-0.39, 0.29) is 17.9 Å². The third-order valence-electron chi connectivity index (χ3n) is 4.14. The highest BCUT2D eigenvalue weighted by atomic mass is 16.2. The van der Waals surface area contributed by atoms with E-state index in [0.29, 0.717) is 13.0 Å². The zero-order chi connectivity index (χ0) is 15.6. The molecule has 1 heterocycles. The van der Waals surface area contributed by atoms with Crippen molar-refractivity contribution < 1.29 is 9.59 Å². The van der Waals surface area contributed by atoms with Gasteiger partial charge in [0, 0.05) is 6.54 Å². The van der Waals surface area contributed by atoms with Crippen molar-refractivity contribution in [3.05, 3.63) is 35.4 Å². The lowest BCUT2D eigenvalue weighted by Crippen LogP contribution is -2.67. The third kappa shape index (κ3) is 2.94. The van der Waals surface area contributed by atoms with E-state index in [2.05, 4.69) is 18.3 Å². The van der Waals surface area contributed by atoms with Gasteiger partial charge in [-0.05, 0) is 37.8 Å². The molecule has 4 nitrogen and oxygen atoms in total. The zero-order valence-corrected chi connectivity index (χ0v) is 13.3. The minimum Gasteiger partial charge on any atom is -0.340 e. The number of hydrogen-bond acceptors (Lipinski definition) is 2. The lowest BCUT2D eigenvalue weighted by Gasteiger charge is -2.42. The van der Waals surface area contributed by atoms with Crippen LogP contribution in [-0.4, -0.2) is 28.3 Å². The molecule has 4 heteroatoms. The summed E-state index contributed by atoms with van der Waals surface area (Å²) in [5, 5.41) is 2.82. The van der Waals surface area contributed by atoms with Gasteiger partial charge in [0.1, 0.15) is 11.6 Å². The van der Waals surface area contributed by atoms with Crippen LogP contribution >= 0.6 is 0 Å². The number of amides is 2. The molecule has 0 radical (unpaired) electrons. The van der Waals surface area contributed by atoms with Gasteiger partial charge in [0.15, 0.2) is 0 Å². The van der Waals surface area contributed by atoms with Gasteiger partial charge < -0.3 is 10.2 Å². The van der Waals surface area contributed by atoms with Crippen LogP contribution in [0.1, 0.15) is 45.2 Å². The Morgan fingerprint density at radius 2 is 1.76 bits per heavy atom. The second kappa shape index (κ2) is 5.88. The molecule has 1 atom stereocenters. The van der Waals surface area contributed by atoms with Gasteiger partial charge in [-0.2, -0.15) is 0 Å². The van der Waals surface area contributed by atoms with Gasteiger partial charge in [-0.15, -0.1) is 0 Å². The number of nitrogens with zero attached hydrogens (tertiary/aromatic N) is 1. The van der Waals surface area contributed by atoms with Crippen molar-refractivity contribution in [2.45, 2.75) is 58.7 Å². The van der Waals surface area contributed by atoms with Crippen molar-refractivity contribution in [2.75, 3.05) is 0 Å². The highest BCUT2D eigenvalue weighted by Crippen LogP contribution is 2.23. The van der Waals surface area contributed by atoms with Crippen molar-refractivity contribution in [3.63, 3.8) is 0 Å². The number of carbonyl (C=O) groups is 2. The lowest BCUT2D eigenvalue weighted by molar-refractivity contribution is -0.154. The van der Waals surface area contributed by atoms with Crippen LogP contribution in [-0.2, 0) is 22.6 Å². The predicted molar refractivity (Wildman–Crippen MR) is 82.7 cm³/mol. The molecular formula is C17H24N2O2. The monoisotopic (exact) mass is 288 g/mol. The van der Waals surface area contributed by atoms with Crippen molar-refractivity contribution in [1.29, 1.82) is 0 Å². The van der Waals surface area contributed by atoms with E-state index in [9.17, 15) is 9.59 Å². The van der Waals surface area contributed by atoms with Crippen LogP contribution in [0.15, 0.2) is 24.3 Å². The molecule has 1 aromatic rings. The van der Waals surface area contributed by atoms with E-state index < -0.39 is 5.54 Å². The average molecular weight is 288 g/mol. The van der Waals surface area contributed by atoms with Crippen LogP contribution in [0.2, 0.25) is 0 Å². The maximum atomic E-state index is 12.7. The van der Waals surface area contributed by atoms with Crippen molar-refractivity contribution in [2.24, 2.45) is 0 Å². The molecule has 0 bridgehead atoms. The molecule has 1 unspecified atom stereocenters. The summed E-state index contributed by atoms with van der Waals surface area (Å²) >= 11 is 0. The molecule has 2 rings (SSSR count). The molecule has 1 fully saturated rings. The molecule has 1 aliphatic rings. The number of nitrogens with one attached hydrogen (secondary N) is 1. The van der Waals surface area contributed by atoms with Crippen LogP contribution in [0.4, 0.5) is 0 Å². The maximum Gasteiger partial charge on any atom is 0.248 e. The van der Waals surface area contributed by atoms with Crippen LogP contribution in [0.3, 0.4) is 0 Å². The Labute approximate surface area is 126 Å². The molecular weight excluding hydrogens is 264 g/mol. The van der Waals surface area contributed by atoms with E-state index in [1.807, 2.05) is 25.1 Å². The largest absolute Gasteiger partial charge is 0.340 e. The molecule has 1 saturated heterocycles. The second-order valence-electron chi connectivity index (χ2n) is 6.09. The summed E-state index contributed by atoms with van der Waals surface area (Å²) < 4.78 is 0. The van der Waals surface area contributed by atoms with Crippen molar-refractivity contribution in [1.82, 2.24) is 10.2 Å². The molecule has 0 aliphatic carbocycles. The first-order valence-electron chi connectivity index (χ1n) is 7.60. The highest BCUT2D eigenvalue weighted by Gasteiger charge is 2.44. The minimum absolute atomic E-state index is 0.0140. The number of rotatable bonds is 4. The molecule has 0 aromatic heterocycles. The molecule has 1 aliphatic heterocycles. The number of piperazine rings is 1. The van der Waals surface area contributed by atoms with E-state index in [4.69, 9.17) is 0 Å². The van der Waals surface area contributed by atoms with Crippen LogP contribution in [0.5, 0.6) is 0 Å². The van der Waals surface area contributed by atoms with E-state index in [0.717, 1.165) is 12.0 Å². The van der Waals surface area contributed by atoms with Gasteiger partial charge in [-0.3, -0.25) is 9.59 Å². The SMILES string of the molecule is CCc1ccccc1CN1C(=O)C(C)(C)NC(=O)C1CC. The summed E-state index contributed by atoms with van der Waals surface area (Å²) in [6.45, 7) is 8.06. The van der Waals surface area contributed by atoms with Gasteiger partial charge >= 0.3 is 0 Å². The predicted octanol–water partition coefficient (Wildman–Crippen LogP) is 2.26. The fourth-order valence-corrected chi connectivity index (χ4v) is 2.91. The Hall–Kier alpha value is -1.84. The number of benzene rings is 1. The highest BCUT2D eigenvalue weighted by molar-refractivity contribution is 5.99. The summed E-state index contributed by atoms with van der Waals surface area (Å²) in [5.74, 6) is -0.0732. The van der Waals surface area contributed by atoms with E-state index >= 15 is 0 Å². The van der Waals surface area contributed by atoms with Gasteiger partial charge in [-0.25, -0.2) is 0 Å². The summed E-state index contributed by atoms with van der Waals surface area (Å²) in [4.78, 5) is 26.6. The maximum absolute atomic E-state index is 12.7. The Morgan fingerprint density at radius 1 is 1.14 bits per heavy atom. The van der Waals surface area contributed by atoms with Gasteiger partial charge in [0.25, 0.3) is 0 Å².